The summed E-state index contributed by atoms with van der Waals surface area (Å²) in [6, 6.07) is 17.3. The predicted molar refractivity (Wildman–Crippen MR) is 144 cm³/mol. The topological polar surface area (TPSA) is 104 Å². The number of ether oxygens (including phenoxy) is 2. The van der Waals surface area contributed by atoms with E-state index in [0.717, 1.165) is 27.9 Å². The first-order valence-electron chi connectivity index (χ1n) is 12.6. The van der Waals surface area contributed by atoms with Gasteiger partial charge in [-0.05, 0) is 42.2 Å². The van der Waals surface area contributed by atoms with Gasteiger partial charge in [0.1, 0.15) is 30.2 Å². The van der Waals surface area contributed by atoms with Crippen molar-refractivity contribution in [1.29, 1.82) is 0 Å². The van der Waals surface area contributed by atoms with E-state index in [2.05, 4.69) is 5.32 Å². The smallest absolute Gasteiger partial charge is 0.227 e. The number of nitrogens with zero attached hydrogens (tertiary/aromatic N) is 2. The van der Waals surface area contributed by atoms with Crippen LogP contribution in [0.1, 0.15) is 28.1 Å². The third-order valence-corrected chi connectivity index (χ3v) is 7.80. The van der Waals surface area contributed by atoms with E-state index in [1.165, 1.54) is 11.3 Å². The fraction of sp³-hybridized carbons (Fsp3) is 0.267. The Morgan fingerprint density at radius 1 is 1.13 bits per heavy atom. The number of hydrogen-bond donors (Lipinski definition) is 1. The third kappa shape index (κ3) is 5.93. The highest BCUT2D eigenvalue weighted by molar-refractivity contribution is 7.09. The van der Waals surface area contributed by atoms with Crippen molar-refractivity contribution < 1.29 is 28.7 Å². The molecule has 39 heavy (non-hydrogen) atoms. The van der Waals surface area contributed by atoms with E-state index in [0.29, 0.717) is 36.0 Å². The Morgan fingerprint density at radius 2 is 1.90 bits per heavy atom. The Bertz CT molecular complexity index is 1490. The molecular formula is C30H29N3O5S. The molecule has 0 unspecified atom stereocenters. The van der Waals surface area contributed by atoms with Gasteiger partial charge < -0.3 is 24.7 Å². The Balaban J connectivity index is 1.25. The van der Waals surface area contributed by atoms with Crippen LogP contribution in [0.15, 0.2) is 72.4 Å². The highest BCUT2D eigenvalue weighted by atomic mass is 32.1. The number of carboxylic acid groups (broad SMARTS) is 1. The van der Waals surface area contributed by atoms with E-state index in [-0.39, 0.29) is 18.9 Å². The average molecular weight is 544 g/mol. The molecule has 1 aliphatic rings. The summed E-state index contributed by atoms with van der Waals surface area (Å²) >= 11 is 1.42. The van der Waals surface area contributed by atoms with Crippen LogP contribution in [-0.2, 0) is 42.6 Å². The second kappa shape index (κ2) is 11.2. The summed E-state index contributed by atoms with van der Waals surface area (Å²) < 4.78 is 13.5. The maximum Gasteiger partial charge on any atom is 0.227 e. The minimum Gasteiger partial charge on any atom is -0.550 e. The molecule has 0 aliphatic heterocycles. The van der Waals surface area contributed by atoms with Crippen molar-refractivity contribution in [3.8, 4) is 22.8 Å². The van der Waals surface area contributed by atoms with Gasteiger partial charge in [-0.15, -0.1) is 11.3 Å². The van der Waals surface area contributed by atoms with E-state index < -0.39 is 11.4 Å². The number of methoxy groups -OCH3 is 1. The summed E-state index contributed by atoms with van der Waals surface area (Å²) in [7, 11) is 3.57. The van der Waals surface area contributed by atoms with Gasteiger partial charge in [-0.25, -0.2) is 9.55 Å². The highest BCUT2D eigenvalue weighted by Gasteiger charge is 2.43. The van der Waals surface area contributed by atoms with Crippen molar-refractivity contribution in [2.75, 3.05) is 7.11 Å². The lowest BCUT2D eigenvalue weighted by Gasteiger charge is -2.28. The lowest BCUT2D eigenvalue weighted by atomic mass is 9.80. The molecular weight excluding hydrogens is 514 g/mol. The number of carboxylic acids is 1. The molecule has 0 radical (unpaired) electrons. The second-order valence-electron chi connectivity index (χ2n) is 9.79. The van der Waals surface area contributed by atoms with E-state index in [1.54, 1.807) is 7.11 Å². The van der Waals surface area contributed by atoms with Gasteiger partial charge in [0.25, 0.3) is 0 Å². The molecule has 2 aromatic carbocycles. The van der Waals surface area contributed by atoms with Gasteiger partial charge in [-0.2, -0.15) is 0 Å². The first-order valence-corrected chi connectivity index (χ1v) is 13.5. The van der Waals surface area contributed by atoms with Crippen molar-refractivity contribution in [1.82, 2.24) is 10.3 Å². The summed E-state index contributed by atoms with van der Waals surface area (Å²) in [6.07, 6.45) is 4.40. The maximum absolute atomic E-state index is 13.3. The van der Waals surface area contributed by atoms with Gasteiger partial charge in [0.2, 0.25) is 5.91 Å². The van der Waals surface area contributed by atoms with Crippen LogP contribution in [0.3, 0.4) is 0 Å². The van der Waals surface area contributed by atoms with Crippen LogP contribution < -0.4 is 24.5 Å². The second-order valence-corrected chi connectivity index (χ2v) is 10.7. The molecule has 0 spiro atoms. The zero-order chi connectivity index (χ0) is 27.4. The number of pyridine rings is 1. The normalized spacial score (nSPS) is 13.5. The summed E-state index contributed by atoms with van der Waals surface area (Å²) in [6.45, 7) is 0.634. The number of carbonyl (C=O) groups is 2. The van der Waals surface area contributed by atoms with Crippen molar-refractivity contribution in [2.45, 2.75) is 32.4 Å². The number of amides is 1. The number of aromatic nitrogens is 2. The number of carbonyl (C=O) groups excluding carboxylic acids is 2. The highest BCUT2D eigenvalue weighted by Crippen LogP contribution is 2.40. The van der Waals surface area contributed by atoms with Crippen LogP contribution in [-0.4, -0.2) is 24.0 Å². The molecule has 2 aromatic heterocycles. The molecule has 8 nitrogen and oxygen atoms in total. The van der Waals surface area contributed by atoms with Gasteiger partial charge in [0.05, 0.1) is 30.3 Å². The molecule has 5 rings (SSSR count). The van der Waals surface area contributed by atoms with Crippen molar-refractivity contribution >= 4 is 23.2 Å². The third-order valence-electron chi connectivity index (χ3n) is 6.95. The first kappa shape index (κ1) is 26.4. The molecule has 0 bridgehead atoms. The molecule has 0 saturated heterocycles. The minimum atomic E-state index is -1.23. The quantitative estimate of drug-likeness (QED) is 0.309. The number of rotatable bonds is 10. The molecule has 200 valence electrons. The SMILES string of the molecule is COc1cc(OCc2ccc[n+](C)c2)ccc1-c1csc(CNC(=O)C2(CC(=O)[O-])Cc3ccccc3C2)n1. The van der Waals surface area contributed by atoms with Gasteiger partial charge in [0.15, 0.2) is 12.4 Å². The molecule has 0 atom stereocenters. The zero-order valence-corrected chi connectivity index (χ0v) is 22.6. The molecule has 0 saturated carbocycles. The van der Waals surface area contributed by atoms with Gasteiger partial charge in [-0.1, -0.05) is 24.3 Å². The molecule has 9 heteroatoms. The summed E-state index contributed by atoms with van der Waals surface area (Å²) in [4.78, 5) is 29.5. The molecule has 0 fully saturated rings. The number of fused-ring (bicyclic) bond motifs is 1. The Labute approximate surface area is 230 Å². The standard InChI is InChI=1S/C30H29N3O5S/c1-33-11-5-6-20(17-33)18-38-23-9-10-24(26(12-23)37-2)25-19-39-27(32-25)16-31-29(36)30(15-28(34)35)13-21-7-3-4-8-22(21)14-30/h3-12,17,19H,13-16,18H2,1-2H3,(H-,31,34,35,36). The molecule has 4 aromatic rings. The van der Waals surface area contributed by atoms with Crippen LogP contribution in [0.2, 0.25) is 0 Å². The van der Waals surface area contributed by atoms with E-state index in [1.807, 2.05) is 84.0 Å². The van der Waals surface area contributed by atoms with E-state index in [4.69, 9.17) is 14.5 Å². The van der Waals surface area contributed by atoms with E-state index in [9.17, 15) is 14.7 Å². The number of thiazole rings is 1. The predicted octanol–water partition coefficient (Wildman–Crippen LogP) is 2.76. The van der Waals surface area contributed by atoms with Gasteiger partial charge >= 0.3 is 0 Å². The number of benzene rings is 2. The Morgan fingerprint density at radius 3 is 2.59 bits per heavy atom. The number of aliphatic carboxylic acids is 1. The van der Waals surface area contributed by atoms with Crippen molar-refractivity contribution in [3.63, 3.8) is 0 Å². The number of nitrogens with one attached hydrogen (secondary N) is 1. The molecule has 2 heterocycles. The molecule has 1 N–H and O–H groups in total. The molecule has 1 amide bonds. The summed E-state index contributed by atoms with van der Waals surface area (Å²) in [5, 5.41) is 17.1. The zero-order valence-electron chi connectivity index (χ0n) is 21.8. The van der Waals surface area contributed by atoms with Crippen molar-refractivity contribution in [3.05, 3.63) is 94.1 Å². The Hall–Kier alpha value is -4.24. The van der Waals surface area contributed by atoms with Crippen LogP contribution in [0.4, 0.5) is 0 Å². The fourth-order valence-corrected chi connectivity index (χ4v) is 5.80. The monoisotopic (exact) mass is 543 g/mol. The summed E-state index contributed by atoms with van der Waals surface area (Å²) in [5.41, 5.74) is 3.53. The summed E-state index contributed by atoms with van der Waals surface area (Å²) in [5.74, 6) is -0.221. The Kier molecular flexibility index (Phi) is 7.60. The van der Waals surface area contributed by atoms with Crippen molar-refractivity contribution in [2.24, 2.45) is 12.5 Å². The molecule has 1 aliphatic carbocycles. The largest absolute Gasteiger partial charge is 0.550 e. The average Bonchev–Trinajstić information content (AvgIpc) is 3.55. The minimum absolute atomic E-state index is 0.201. The maximum atomic E-state index is 13.3. The lowest BCUT2D eigenvalue weighted by Crippen LogP contribution is -2.45. The van der Waals surface area contributed by atoms with Crippen LogP contribution in [0, 0.1) is 5.41 Å². The van der Waals surface area contributed by atoms with Crippen LogP contribution in [0.5, 0.6) is 11.5 Å². The number of hydrogen-bond acceptors (Lipinski definition) is 7. The van der Waals surface area contributed by atoms with Gasteiger partial charge in [0, 0.05) is 35.5 Å². The van der Waals surface area contributed by atoms with Crippen LogP contribution >= 0.6 is 11.3 Å². The van der Waals surface area contributed by atoms with E-state index >= 15 is 0 Å². The van der Waals surface area contributed by atoms with Crippen LogP contribution in [0.25, 0.3) is 11.3 Å². The number of aryl methyl sites for hydroxylation is 1. The lowest BCUT2D eigenvalue weighted by molar-refractivity contribution is -0.672. The first-order chi connectivity index (χ1) is 18.8. The fourth-order valence-electron chi connectivity index (χ4n) is 5.07. The van der Waals surface area contributed by atoms with Gasteiger partial charge in [-0.3, -0.25) is 4.79 Å².